The molecule has 0 fully saturated rings. The molecule has 0 unspecified atom stereocenters. The number of carbonyl (C=O) groups excluding carboxylic acids is 1. The molecule has 6 heteroatoms. The van der Waals surface area contributed by atoms with Gasteiger partial charge in [-0.2, -0.15) is 10.2 Å². The molecule has 0 aliphatic rings. The Balaban J connectivity index is 1.87. The normalized spacial score (nSPS) is 10.5. The van der Waals surface area contributed by atoms with Crippen molar-refractivity contribution in [3.05, 3.63) is 59.7 Å². The van der Waals surface area contributed by atoms with Crippen molar-refractivity contribution in [2.45, 2.75) is 19.9 Å². The first-order valence-electron chi connectivity index (χ1n) is 7.82. The summed E-state index contributed by atoms with van der Waals surface area (Å²) in [6.45, 7) is 3.82. The molecular weight excluding hydrogens is 316 g/mol. The van der Waals surface area contributed by atoms with Crippen LogP contribution in [0.3, 0.4) is 0 Å². The molecule has 124 valence electrons. The second-order valence-corrected chi connectivity index (χ2v) is 5.82. The SMILES string of the molecule is CC(C)NC(=O)c1cccc(-c2noc(-c3ccc(C#N)cc3)n2)c1. The lowest BCUT2D eigenvalue weighted by atomic mass is 10.1. The third kappa shape index (κ3) is 3.72. The van der Waals surface area contributed by atoms with Gasteiger partial charge in [-0.15, -0.1) is 0 Å². The number of rotatable bonds is 4. The van der Waals surface area contributed by atoms with Crippen molar-refractivity contribution in [1.82, 2.24) is 15.5 Å². The number of nitrogens with one attached hydrogen (secondary N) is 1. The fourth-order valence-corrected chi connectivity index (χ4v) is 2.29. The van der Waals surface area contributed by atoms with Gasteiger partial charge in [-0.25, -0.2) is 0 Å². The molecule has 0 saturated carbocycles. The number of hydrogen-bond donors (Lipinski definition) is 1. The van der Waals surface area contributed by atoms with Crippen LogP contribution in [0, 0.1) is 11.3 Å². The largest absolute Gasteiger partial charge is 0.350 e. The van der Waals surface area contributed by atoms with E-state index in [-0.39, 0.29) is 11.9 Å². The van der Waals surface area contributed by atoms with E-state index in [1.807, 2.05) is 19.9 Å². The molecule has 1 aromatic heterocycles. The molecule has 1 heterocycles. The molecule has 0 bridgehead atoms. The van der Waals surface area contributed by atoms with E-state index in [1.54, 1.807) is 42.5 Å². The summed E-state index contributed by atoms with van der Waals surface area (Å²) in [4.78, 5) is 16.5. The highest BCUT2D eigenvalue weighted by Gasteiger charge is 2.13. The smallest absolute Gasteiger partial charge is 0.258 e. The van der Waals surface area contributed by atoms with Gasteiger partial charge >= 0.3 is 0 Å². The van der Waals surface area contributed by atoms with Crippen molar-refractivity contribution < 1.29 is 9.32 Å². The molecule has 0 radical (unpaired) electrons. The molecule has 3 rings (SSSR count). The van der Waals surface area contributed by atoms with Crippen LogP contribution in [0.15, 0.2) is 53.1 Å². The quantitative estimate of drug-likeness (QED) is 0.790. The van der Waals surface area contributed by atoms with E-state index < -0.39 is 0 Å². The van der Waals surface area contributed by atoms with E-state index in [1.165, 1.54) is 0 Å². The second kappa shape index (κ2) is 6.97. The number of nitrogens with zero attached hydrogens (tertiary/aromatic N) is 3. The first-order chi connectivity index (χ1) is 12.1. The molecule has 3 aromatic rings. The van der Waals surface area contributed by atoms with Crippen LogP contribution in [0.1, 0.15) is 29.8 Å². The molecular formula is C19H16N4O2. The van der Waals surface area contributed by atoms with E-state index in [0.29, 0.717) is 28.4 Å². The second-order valence-electron chi connectivity index (χ2n) is 5.82. The Morgan fingerprint density at radius 2 is 1.92 bits per heavy atom. The maximum atomic E-state index is 12.1. The maximum Gasteiger partial charge on any atom is 0.258 e. The Bertz CT molecular complexity index is 937. The molecule has 0 aliphatic carbocycles. The highest BCUT2D eigenvalue weighted by molar-refractivity contribution is 5.95. The summed E-state index contributed by atoms with van der Waals surface area (Å²) in [5, 5.41) is 15.7. The van der Waals surface area contributed by atoms with Crippen molar-refractivity contribution in [3.63, 3.8) is 0 Å². The van der Waals surface area contributed by atoms with Gasteiger partial charge in [0.25, 0.3) is 11.8 Å². The van der Waals surface area contributed by atoms with Crippen LogP contribution < -0.4 is 5.32 Å². The number of hydrogen-bond acceptors (Lipinski definition) is 5. The van der Waals surface area contributed by atoms with E-state index in [2.05, 4.69) is 21.5 Å². The highest BCUT2D eigenvalue weighted by atomic mass is 16.5. The minimum atomic E-state index is -0.146. The predicted octanol–water partition coefficient (Wildman–Crippen LogP) is 3.41. The van der Waals surface area contributed by atoms with Crippen molar-refractivity contribution in [3.8, 4) is 28.9 Å². The Morgan fingerprint density at radius 1 is 1.16 bits per heavy atom. The van der Waals surface area contributed by atoms with Crippen LogP contribution >= 0.6 is 0 Å². The Kier molecular flexibility index (Phi) is 4.57. The number of aromatic nitrogens is 2. The number of carbonyl (C=O) groups is 1. The first kappa shape index (κ1) is 16.4. The molecule has 6 nitrogen and oxygen atoms in total. The van der Waals surface area contributed by atoms with Crippen molar-refractivity contribution in [2.24, 2.45) is 0 Å². The summed E-state index contributed by atoms with van der Waals surface area (Å²) >= 11 is 0. The van der Waals surface area contributed by atoms with E-state index in [0.717, 1.165) is 5.56 Å². The average Bonchev–Trinajstić information content (AvgIpc) is 3.11. The summed E-state index contributed by atoms with van der Waals surface area (Å²) < 4.78 is 5.30. The highest BCUT2D eigenvalue weighted by Crippen LogP contribution is 2.23. The van der Waals surface area contributed by atoms with Gasteiger partial charge in [0.05, 0.1) is 11.6 Å². The van der Waals surface area contributed by atoms with E-state index >= 15 is 0 Å². The molecule has 0 spiro atoms. The van der Waals surface area contributed by atoms with Crippen LogP contribution in [0.2, 0.25) is 0 Å². The Morgan fingerprint density at radius 3 is 2.60 bits per heavy atom. The Hall–Kier alpha value is -3.46. The topological polar surface area (TPSA) is 91.8 Å². The zero-order valence-electron chi connectivity index (χ0n) is 13.9. The zero-order chi connectivity index (χ0) is 17.8. The predicted molar refractivity (Wildman–Crippen MR) is 92.5 cm³/mol. The minimum Gasteiger partial charge on any atom is -0.350 e. The van der Waals surface area contributed by atoms with Crippen molar-refractivity contribution in [1.29, 1.82) is 5.26 Å². The summed E-state index contributed by atoms with van der Waals surface area (Å²) in [5.74, 6) is 0.614. The van der Waals surface area contributed by atoms with Gasteiger partial charge < -0.3 is 9.84 Å². The third-order valence-corrected chi connectivity index (χ3v) is 3.49. The van der Waals surface area contributed by atoms with Gasteiger partial charge in [0.2, 0.25) is 5.82 Å². The van der Waals surface area contributed by atoms with E-state index in [4.69, 9.17) is 9.78 Å². The summed E-state index contributed by atoms with van der Waals surface area (Å²) in [6.07, 6.45) is 0. The number of amides is 1. The Labute approximate surface area is 145 Å². The number of benzene rings is 2. The lowest BCUT2D eigenvalue weighted by molar-refractivity contribution is 0.0943. The molecule has 1 N–H and O–H groups in total. The monoisotopic (exact) mass is 332 g/mol. The fraction of sp³-hybridized carbons (Fsp3) is 0.158. The van der Waals surface area contributed by atoms with Crippen LogP contribution in [-0.2, 0) is 0 Å². The van der Waals surface area contributed by atoms with Gasteiger partial charge in [-0.1, -0.05) is 17.3 Å². The third-order valence-electron chi connectivity index (χ3n) is 3.49. The molecule has 2 aromatic carbocycles. The summed E-state index contributed by atoms with van der Waals surface area (Å²) in [7, 11) is 0. The van der Waals surface area contributed by atoms with Crippen molar-refractivity contribution in [2.75, 3.05) is 0 Å². The van der Waals surface area contributed by atoms with Crippen LogP contribution in [0.5, 0.6) is 0 Å². The maximum absolute atomic E-state index is 12.1. The minimum absolute atomic E-state index is 0.0596. The molecule has 1 amide bonds. The van der Waals surface area contributed by atoms with Crippen LogP contribution in [0.25, 0.3) is 22.8 Å². The molecule has 0 aliphatic heterocycles. The van der Waals surface area contributed by atoms with Gasteiger partial charge in [0, 0.05) is 22.7 Å². The molecule has 0 saturated heterocycles. The van der Waals surface area contributed by atoms with Crippen molar-refractivity contribution >= 4 is 5.91 Å². The fourth-order valence-electron chi connectivity index (χ4n) is 2.29. The first-order valence-corrected chi connectivity index (χ1v) is 7.82. The molecule has 0 atom stereocenters. The van der Waals surface area contributed by atoms with Gasteiger partial charge in [0.1, 0.15) is 0 Å². The van der Waals surface area contributed by atoms with Crippen LogP contribution in [-0.4, -0.2) is 22.1 Å². The molecule has 25 heavy (non-hydrogen) atoms. The summed E-state index contributed by atoms with van der Waals surface area (Å²) in [6, 6.07) is 16.1. The summed E-state index contributed by atoms with van der Waals surface area (Å²) in [5.41, 5.74) is 2.52. The van der Waals surface area contributed by atoms with Crippen LogP contribution in [0.4, 0.5) is 0 Å². The van der Waals surface area contributed by atoms with Gasteiger partial charge in [0.15, 0.2) is 0 Å². The number of nitriles is 1. The zero-order valence-corrected chi connectivity index (χ0v) is 13.9. The van der Waals surface area contributed by atoms with E-state index in [9.17, 15) is 4.79 Å². The van der Waals surface area contributed by atoms with Gasteiger partial charge in [-0.05, 0) is 50.2 Å². The van der Waals surface area contributed by atoms with Gasteiger partial charge in [-0.3, -0.25) is 4.79 Å². The average molecular weight is 332 g/mol. The standard InChI is InChI=1S/C19H16N4O2/c1-12(2)21-18(24)16-5-3-4-15(10-16)17-22-19(25-23-17)14-8-6-13(11-20)7-9-14/h3-10,12H,1-2H3,(H,21,24). The lowest BCUT2D eigenvalue weighted by Gasteiger charge is -2.08. The lowest BCUT2D eigenvalue weighted by Crippen LogP contribution is -2.30.